The molecule has 0 spiro atoms. The fourth-order valence-electron chi connectivity index (χ4n) is 3.16. The number of piperazine rings is 1. The van der Waals surface area contributed by atoms with Crippen molar-refractivity contribution < 1.29 is 9.59 Å². The summed E-state index contributed by atoms with van der Waals surface area (Å²) >= 11 is 0. The van der Waals surface area contributed by atoms with Crippen molar-refractivity contribution in [2.24, 2.45) is 0 Å². The third-order valence-electron chi connectivity index (χ3n) is 4.66. The Labute approximate surface area is 125 Å². The van der Waals surface area contributed by atoms with Gasteiger partial charge in [-0.2, -0.15) is 0 Å². The van der Waals surface area contributed by atoms with Crippen molar-refractivity contribution in [3.8, 4) is 0 Å². The van der Waals surface area contributed by atoms with Gasteiger partial charge in [0.15, 0.2) is 0 Å². The summed E-state index contributed by atoms with van der Waals surface area (Å²) < 4.78 is 0. The van der Waals surface area contributed by atoms with Gasteiger partial charge in [0.1, 0.15) is 11.6 Å². The Morgan fingerprint density at radius 1 is 1.24 bits per heavy atom. The lowest BCUT2D eigenvalue weighted by Gasteiger charge is -2.46. The topological polar surface area (TPSA) is 40.6 Å². The van der Waals surface area contributed by atoms with Crippen LogP contribution < -0.4 is 0 Å². The van der Waals surface area contributed by atoms with Crippen molar-refractivity contribution in [2.45, 2.75) is 31.3 Å². The highest BCUT2D eigenvalue weighted by molar-refractivity contribution is 6.01. The molecule has 0 bridgehead atoms. The van der Waals surface area contributed by atoms with Crippen LogP contribution in [0, 0.1) is 0 Å². The lowest BCUT2D eigenvalue weighted by Crippen LogP contribution is -2.67. The first kappa shape index (κ1) is 13.9. The van der Waals surface area contributed by atoms with E-state index in [1.807, 2.05) is 49.4 Å². The monoisotopic (exact) mass is 284 g/mol. The molecule has 21 heavy (non-hydrogen) atoms. The summed E-state index contributed by atoms with van der Waals surface area (Å²) in [4.78, 5) is 28.6. The van der Waals surface area contributed by atoms with Crippen LogP contribution in [0.2, 0.25) is 0 Å². The molecule has 0 saturated carbocycles. The fourth-order valence-corrected chi connectivity index (χ4v) is 3.16. The van der Waals surface area contributed by atoms with Gasteiger partial charge >= 0.3 is 0 Å². The third kappa shape index (κ3) is 2.15. The maximum atomic E-state index is 12.8. The second-order valence-electron chi connectivity index (χ2n) is 5.95. The van der Waals surface area contributed by atoms with Crippen LogP contribution in [0.1, 0.15) is 25.3 Å². The zero-order chi connectivity index (χ0) is 15.0. The number of hydrogen-bond acceptors (Lipinski definition) is 2. The SMILES string of the molecule is CN1C(=O)[C@@H]2CCCN2C(=O)[C@@]1(C)/C=C/c1ccccc1. The van der Waals surface area contributed by atoms with Crippen molar-refractivity contribution in [3.63, 3.8) is 0 Å². The number of amides is 2. The van der Waals surface area contributed by atoms with E-state index in [-0.39, 0.29) is 17.9 Å². The lowest BCUT2D eigenvalue weighted by atomic mass is 9.91. The molecule has 2 aliphatic rings. The summed E-state index contributed by atoms with van der Waals surface area (Å²) in [5, 5.41) is 0. The fraction of sp³-hybridized carbons (Fsp3) is 0.412. The number of hydrogen-bond donors (Lipinski definition) is 0. The number of nitrogens with zero attached hydrogens (tertiary/aromatic N) is 2. The molecule has 2 atom stereocenters. The number of rotatable bonds is 2. The lowest BCUT2D eigenvalue weighted by molar-refractivity contribution is -0.161. The van der Waals surface area contributed by atoms with E-state index < -0.39 is 5.54 Å². The third-order valence-corrected chi connectivity index (χ3v) is 4.66. The van der Waals surface area contributed by atoms with E-state index in [1.165, 1.54) is 0 Å². The maximum Gasteiger partial charge on any atom is 0.252 e. The molecule has 0 aliphatic carbocycles. The molecule has 0 N–H and O–H groups in total. The second kappa shape index (κ2) is 5.02. The molecule has 1 aromatic rings. The number of carbonyl (C=O) groups is 2. The molecule has 2 heterocycles. The van der Waals surface area contributed by atoms with Crippen molar-refractivity contribution in [1.29, 1.82) is 0 Å². The summed E-state index contributed by atoms with van der Waals surface area (Å²) in [7, 11) is 1.73. The maximum absolute atomic E-state index is 12.8. The van der Waals surface area contributed by atoms with E-state index in [4.69, 9.17) is 0 Å². The van der Waals surface area contributed by atoms with Crippen LogP contribution in [0.25, 0.3) is 6.08 Å². The summed E-state index contributed by atoms with van der Waals surface area (Å²) in [6, 6.07) is 9.57. The Morgan fingerprint density at radius 2 is 1.95 bits per heavy atom. The Bertz CT molecular complexity index is 596. The van der Waals surface area contributed by atoms with Gasteiger partial charge in [-0.25, -0.2) is 0 Å². The molecule has 0 aromatic heterocycles. The van der Waals surface area contributed by atoms with Crippen LogP contribution in [-0.2, 0) is 9.59 Å². The first-order valence-electron chi connectivity index (χ1n) is 7.37. The minimum Gasteiger partial charge on any atom is -0.328 e. The molecule has 2 saturated heterocycles. The van der Waals surface area contributed by atoms with E-state index in [2.05, 4.69) is 0 Å². The molecule has 2 aliphatic heterocycles. The van der Waals surface area contributed by atoms with Gasteiger partial charge in [0, 0.05) is 13.6 Å². The van der Waals surface area contributed by atoms with Crippen LogP contribution in [0.4, 0.5) is 0 Å². The molecule has 0 radical (unpaired) electrons. The average Bonchev–Trinajstić information content (AvgIpc) is 3.00. The zero-order valence-corrected chi connectivity index (χ0v) is 12.5. The molecular weight excluding hydrogens is 264 g/mol. The second-order valence-corrected chi connectivity index (χ2v) is 5.95. The zero-order valence-electron chi connectivity index (χ0n) is 12.5. The quantitative estimate of drug-likeness (QED) is 0.832. The van der Waals surface area contributed by atoms with E-state index in [9.17, 15) is 9.59 Å². The van der Waals surface area contributed by atoms with E-state index in [1.54, 1.807) is 16.8 Å². The highest BCUT2D eigenvalue weighted by Gasteiger charge is 2.51. The van der Waals surface area contributed by atoms with Gasteiger partial charge in [-0.3, -0.25) is 9.59 Å². The Morgan fingerprint density at radius 3 is 2.67 bits per heavy atom. The van der Waals surface area contributed by atoms with Crippen molar-refractivity contribution in [2.75, 3.05) is 13.6 Å². The molecule has 2 fully saturated rings. The van der Waals surface area contributed by atoms with Gasteiger partial charge in [0.2, 0.25) is 5.91 Å². The Hall–Kier alpha value is -2.10. The molecule has 4 heteroatoms. The molecular formula is C17H20N2O2. The first-order valence-corrected chi connectivity index (χ1v) is 7.37. The number of carbonyl (C=O) groups excluding carboxylic acids is 2. The Balaban J connectivity index is 1.93. The molecule has 1 aromatic carbocycles. The van der Waals surface area contributed by atoms with Gasteiger partial charge in [-0.05, 0) is 31.4 Å². The largest absolute Gasteiger partial charge is 0.328 e. The standard InChI is InChI=1S/C17H20N2O2/c1-17(11-10-13-7-4-3-5-8-13)16(21)19-12-6-9-14(19)15(20)18(17)2/h3-5,7-8,10-11,14H,6,9,12H2,1-2H3/b11-10+/t14-,17+/m0/s1. The van der Waals surface area contributed by atoms with Crippen LogP contribution >= 0.6 is 0 Å². The minimum atomic E-state index is -0.895. The van der Waals surface area contributed by atoms with Gasteiger partial charge in [-0.1, -0.05) is 36.4 Å². The van der Waals surface area contributed by atoms with Crippen LogP contribution in [-0.4, -0.2) is 46.8 Å². The normalized spacial score (nSPS) is 29.3. The van der Waals surface area contributed by atoms with Gasteiger partial charge < -0.3 is 9.80 Å². The first-order chi connectivity index (χ1) is 10.0. The highest BCUT2D eigenvalue weighted by Crippen LogP contribution is 2.32. The molecule has 4 nitrogen and oxygen atoms in total. The molecule has 3 rings (SSSR count). The van der Waals surface area contributed by atoms with Crippen LogP contribution in [0.3, 0.4) is 0 Å². The average molecular weight is 284 g/mol. The van der Waals surface area contributed by atoms with E-state index in [0.29, 0.717) is 6.54 Å². The van der Waals surface area contributed by atoms with E-state index in [0.717, 1.165) is 18.4 Å². The molecule has 0 unspecified atom stereocenters. The van der Waals surface area contributed by atoms with Gasteiger partial charge in [-0.15, -0.1) is 0 Å². The summed E-state index contributed by atoms with van der Waals surface area (Å²) in [5.41, 5.74) is 0.129. The van der Waals surface area contributed by atoms with Crippen molar-refractivity contribution in [1.82, 2.24) is 9.80 Å². The van der Waals surface area contributed by atoms with Crippen molar-refractivity contribution in [3.05, 3.63) is 42.0 Å². The number of likely N-dealkylation sites (N-methyl/N-ethyl adjacent to an activating group) is 1. The Kier molecular flexibility index (Phi) is 3.32. The highest BCUT2D eigenvalue weighted by atomic mass is 16.2. The van der Waals surface area contributed by atoms with Crippen molar-refractivity contribution >= 4 is 17.9 Å². The van der Waals surface area contributed by atoms with Gasteiger partial charge in [0.25, 0.3) is 5.91 Å². The summed E-state index contributed by atoms with van der Waals surface area (Å²) in [6.45, 7) is 2.51. The van der Waals surface area contributed by atoms with Gasteiger partial charge in [0.05, 0.1) is 0 Å². The number of benzene rings is 1. The summed E-state index contributed by atoms with van der Waals surface area (Å²) in [6.07, 6.45) is 5.46. The summed E-state index contributed by atoms with van der Waals surface area (Å²) in [5.74, 6) is 0.0755. The molecule has 110 valence electrons. The number of fused-ring (bicyclic) bond motifs is 1. The minimum absolute atomic E-state index is 0.0271. The van der Waals surface area contributed by atoms with E-state index >= 15 is 0 Å². The van der Waals surface area contributed by atoms with Crippen LogP contribution in [0.5, 0.6) is 0 Å². The molecule has 2 amide bonds. The predicted molar refractivity (Wildman–Crippen MR) is 81.4 cm³/mol. The van der Waals surface area contributed by atoms with Crippen LogP contribution in [0.15, 0.2) is 36.4 Å². The predicted octanol–water partition coefficient (Wildman–Crippen LogP) is 1.92. The smallest absolute Gasteiger partial charge is 0.252 e.